The van der Waals surface area contributed by atoms with Gasteiger partial charge in [-0.25, -0.2) is 17.8 Å². The first kappa shape index (κ1) is 22.0. The number of sulfonamides is 1. The quantitative estimate of drug-likeness (QED) is 0.509. The summed E-state index contributed by atoms with van der Waals surface area (Å²) < 4.78 is 45.3. The van der Waals surface area contributed by atoms with E-state index in [1.165, 1.54) is 31.2 Å². The molecule has 12 heteroatoms. The number of thiazole rings is 1. The van der Waals surface area contributed by atoms with Gasteiger partial charge in [-0.15, -0.1) is 22.7 Å². The molecule has 8 nitrogen and oxygen atoms in total. The van der Waals surface area contributed by atoms with Crippen molar-refractivity contribution in [1.82, 2.24) is 9.71 Å². The molecule has 0 aliphatic rings. The predicted molar refractivity (Wildman–Crippen MR) is 111 cm³/mol. The number of aromatic nitrogens is 1. The van der Waals surface area contributed by atoms with Crippen molar-refractivity contribution < 1.29 is 27.1 Å². The van der Waals surface area contributed by atoms with Crippen LogP contribution in [0.3, 0.4) is 0 Å². The molecule has 0 saturated heterocycles. The number of thiophene rings is 1. The van der Waals surface area contributed by atoms with Crippen LogP contribution < -0.4 is 9.62 Å². The van der Waals surface area contributed by atoms with E-state index in [1.807, 2.05) is 0 Å². The van der Waals surface area contributed by atoms with Crippen molar-refractivity contribution in [2.24, 2.45) is 0 Å². The molecule has 30 heavy (non-hydrogen) atoms. The van der Waals surface area contributed by atoms with Crippen LogP contribution in [0.2, 0.25) is 0 Å². The first-order valence-corrected chi connectivity index (χ1v) is 11.7. The molecule has 158 valence electrons. The number of benzene rings is 1. The fraction of sp³-hybridized carbons (Fsp3) is 0.167. The average Bonchev–Trinajstić information content (AvgIpc) is 3.39. The van der Waals surface area contributed by atoms with Crippen molar-refractivity contribution in [3.63, 3.8) is 0 Å². The van der Waals surface area contributed by atoms with Gasteiger partial charge >= 0.3 is 5.97 Å². The van der Waals surface area contributed by atoms with E-state index in [1.54, 1.807) is 22.9 Å². The van der Waals surface area contributed by atoms with Gasteiger partial charge in [0, 0.05) is 12.3 Å². The van der Waals surface area contributed by atoms with Crippen molar-refractivity contribution in [3.05, 3.63) is 58.7 Å². The average molecular weight is 470 g/mol. The highest BCUT2D eigenvalue weighted by atomic mass is 32.2. The highest BCUT2D eigenvalue weighted by molar-refractivity contribution is 7.91. The van der Waals surface area contributed by atoms with E-state index < -0.39 is 34.3 Å². The number of para-hydroxylation sites is 1. The number of nitrogens with one attached hydrogen (secondary N) is 1. The van der Waals surface area contributed by atoms with Gasteiger partial charge in [0.15, 0.2) is 5.13 Å². The van der Waals surface area contributed by atoms with E-state index >= 15 is 0 Å². The molecular formula is C18H16FN3O5S3. The van der Waals surface area contributed by atoms with Gasteiger partial charge < -0.3 is 4.74 Å². The summed E-state index contributed by atoms with van der Waals surface area (Å²) in [4.78, 5) is 29.2. The zero-order valence-electron chi connectivity index (χ0n) is 15.6. The fourth-order valence-electron chi connectivity index (χ4n) is 2.35. The summed E-state index contributed by atoms with van der Waals surface area (Å²) in [5.41, 5.74) is 0.401. The Labute approximate surface area is 180 Å². The van der Waals surface area contributed by atoms with Gasteiger partial charge in [-0.05, 0) is 23.6 Å². The molecule has 0 aliphatic heterocycles. The first-order valence-electron chi connectivity index (χ1n) is 8.46. The van der Waals surface area contributed by atoms with Crippen LogP contribution in [0, 0.1) is 5.82 Å². The van der Waals surface area contributed by atoms with Crippen LogP contribution in [0.4, 0.5) is 15.2 Å². The molecule has 0 saturated carbocycles. The third-order valence-electron chi connectivity index (χ3n) is 3.69. The molecular weight excluding hydrogens is 453 g/mol. The monoisotopic (exact) mass is 469 g/mol. The normalized spacial score (nSPS) is 11.3. The summed E-state index contributed by atoms with van der Waals surface area (Å²) in [6.45, 7) is 0.526. The zero-order chi connectivity index (χ0) is 21.7. The summed E-state index contributed by atoms with van der Waals surface area (Å²) >= 11 is 2.11. The van der Waals surface area contributed by atoms with Crippen LogP contribution in [0.15, 0.2) is 51.4 Å². The van der Waals surface area contributed by atoms with Crippen molar-refractivity contribution in [2.75, 3.05) is 11.4 Å². The van der Waals surface area contributed by atoms with Crippen LogP contribution in [-0.2, 0) is 31.0 Å². The number of esters is 1. The first-order chi connectivity index (χ1) is 14.3. The Bertz CT molecular complexity index is 1150. The lowest BCUT2D eigenvalue weighted by Crippen LogP contribution is -2.30. The molecule has 3 rings (SSSR count). The van der Waals surface area contributed by atoms with Crippen molar-refractivity contribution in [1.29, 1.82) is 0 Å². The van der Waals surface area contributed by atoms with Crippen LogP contribution >= 0.6 is 22.7 Å². The maximum Gasteiger partial charge on any atom is 0.321 e. The van der Waals surface area contributed by atoms with Crippen LogP contribution in [0.1, 0.15) is 12.6 Å². The molecule has 3 aromatic rings. The van der Waals surface area contributed by atoms with E-state index in [4.69, 9.17) is 4.74 Å². The summed E-state index contributed by atoms with van der Waals surface area (Å²) in [7, 11) is -3.77. The Morgan fingerprint density at radius 1 is 1.20 bits per heavy atom. The van der Waals surface area contributed by atoms with E-state index in [-0.39, 0.29) is 21.6 Å². The fourth-order valence-corrected chi connectivity index (χ4v) is 5.22. The Kier molecular flexibility index (Phi) is 6.92. The predicted octanol–water partition coefficient (Wildman–Crippen LogP) is 3.05. The van der Waals surface area contributed by atoms with Gasteiger partial charge in [0.2, 0.25) is 5.91 Å². The molecule has 0 unspecified atom stereocenters. The summed E-state index contributed by atoms with van der Waals surface area (Å²) in [5.74, 6) is -1.79. The van der Waals surface area contributed by atoms with Gasteiger partial charge in [0.25, 0.3) is 10.0 Å². The minimum Gasteiger partial charge on any atom is -0.458 e. The largest absolute Gasteiger partial charge is 0.458 e. The minimum atomic E-state index is -3.77. The topological polar surface area (TPSA) is 106 Å². The van der Waals surface area contributed by atoms with Crippen LogP contribution in [0.25, 0.3) is 0 Å². The Balaban J connectivity index is 1.60. The number of carbonyl (C=O) groups is 2. The summed E-state index contributed by atoms with van der Waals surface area (Å²) in [5, 5.41) is 3.39. The van der Waals surface area contributed by atoms with Gasteiger partial charge in [-0.1, -0.05) is 18.2 Å². The number of halogens is 1. The van der Waals surface area contributed by atoms with E-state index in [0.717, 1.165) is 27.6 Å². The molecule has 0 radical (unpaired) electrons. The van der Waals surface area contributed by atoms with Crippen molar-refractivity contribution in [3.8, 4) is 0 Å². The molecule has 0 aliphatic carbocycles. The number of carbonyl (C=O) groups excluding carboxylic acids is 2. The second kappa shape index (κ2) is 9.43. The van der Waals surface area contributed by atoms with E-state index in [9.17, 15) is 22.4 Å². The maximum atomic E-state index is 14.1. The van der Waals surface area contributed by atoms with Crippen molar-refractivity contribution >= 4 is 55.4 Å². The maximum absolute atomic E-state index is 14.1. The molecule has 0 fully saturated rings. The van der Waals surface area contributed by atoms with E-state index in [2.05, 4.69) is 9.71 Å². The number of rotatable bonds is 8. The Morgan fingerprint density at radius 3 is 2.63 bits per heavy atom. The van der Waals surface area contributed by atoms with Gasteiger partial charge in [-0.3, -0.25) is 14.5 Å². The second-order valence-electron chi connectivity index (χ2n) is 5.84. The molecule has 0 spiro atoms. The minimum absolute atomic E-state index is 0.0610. The smallest absolute Gasteiger partial charge is 0.321 e. The third-order valence-corrected chi connectivity index (χ3v) is 7.36. The second-order valence-corrected chi connectivity index (χ2v) is 9.62. The van der Waals surface area contributed by atoms with Gasteiger partial charge in [-0.2, -0.15) is 4.72 Å². The standard InChI is InChI=1S/C18H16FN3O5S3/c1-12(23)22(15-6-3-2-5-14(15)19)18-21-13(11-29-18)10-27-16(24)9-20-30(25,26)17-7-4-8-28-17/h2-8,11,20H,9-10H2,1H3. The number of anilines is 2. The molecule has 1 amide bonds. The zero-order valence-corrected chi connectivity index (χ0v) is 18.0. The number of hydrogen-bond acceptors (Lipinski definition) is 8. The van der Waals surface area contributed by atoms with Crippen LogP contribution in [0.5, 0.6) is 0 Å². The lowest BCUT2D eigenvalue weighted by atomic mass is 10.3. The Morgan fingerprint density at radius 2 is 1.97 bits per heavy atom. The number of nitrogens with zero attached hydrogens (tertiary/aromatic N) is 2. The number of amides is 1. The van der Waals surface area contributed by atoms with Gasteiger partial charge in [0.1, 0.15) is 23.2 Å². The molecule has 0 bridgehead atoms. The van der Waals surface area contributed by atoms with E-state index in [0.29, 0.717) is 5.69 Å². The van der Waals surface area contributed by atoms with Gasteiger partial charge in [0.05, 0.1) is 11.4 Å². The molecule has 0 atom stereocenters. The molecule has 1 aromatic carbocycles. The Hall–Kier alpha value is -2.67. The molecule has 2 heterocycles. The van der Waals surface area contributed by atoms with Crippen molar-refractivity contribution in [2.45, 2.75) is 17.7 Å². The molecule has 2 aromatic heterocycles. The lowest BCUT2D eigenvalue weighted by Gasteiger charge is -2.18. The SMILES string of the molecule is CC(=O)N(c1nc(COC(=O)CNS(=O)(=O)c2cccs2)cs1)c1ccccc1F. The highest BCUT2D eigenvalue weighted by Gasteiger charge is 2.21. The van der Waals surface area contributed by atoms with Crippen LogP contribution in [-0.4, -0.2) is 31.8 Å². The molecule has 1 N–H and O–H groups in total. The number of ether oxygens (including phenoxy) is 1. The number of hydrogen-bond donors (Lipinski definition) is 1. The highest BCUT2D eigenvalue weighted by Crippen LogP contribution is 2.30. The lowest BCUT2D eigenvalue weighted by molar-refractivity contribution is -0.143. The summed E-state index contributed by atoms with van der Waals surface area (Å²) in [6, 6.07) is 8.81. The summed E-state index contributed by atoms with van der Waals surface area (Å²) in [6.07, 6.45) is 0. The third kappa shape index (κ3) is 5.27.